The van der Waals surface area contributed by atoms with Crippen LogP contribution in [0.15, 0.2) is 24.3 Å². The van der Waals surface area contributed by atoms with Gasteiger partial charge in [-0.2, -0.15) is 0 Å². The third-order valence-electron chi connectivity index (χ3n) is 5.56. The van der Waals surface area contributed by atoms with Gasteiger partial charge in [0.05, 0.1) is 12.1 Å². The van der Waals surface area contributed by atoms with Crippen molar-refractivity contribution in [2.75, 3.05) is 6.54 Å². The first-order valence-electron chi connectivity index (χ1n) is 9.10. The first kappa shape index (κ1) is 17.9. The zero-order chi connectivity index (χ0) is 18.2. The summed E-state index contributed by atoms with van der Waals surface area (Å²) >= 11 is 0. The molecule has 25 heavy (non-hydrogen) atoms. The molecule has 1 fully saturated rings. The molecule has 1 heterocycles. The van der Waals surface area contributed by atoms with Crippen LogP contribution >= 0.6 is 0 Å². The molecule has 1 aromatic rings. The highest BCUT2D eigenvalue weighted by molar-refractivity contribution is 5.88. The van der Waals surface area contributed by atoms with Crippen LogP contribution < -0.4 is 5.32 Å². The van der Waals surface area contributed by atoms with Crippen LogP contribution in [0.5, 0.6) is 0 Å². The number of aliphatic hydroxyl groups is 1. The molecule has 3 rings (SSSR count). The normalized spacial score (nSPS) is 28.2. The summed E-state index contributed by atoms with van der Waals surface area (Å²) in [5.74, 6) is -0.331. The number of carbonyl (C=O) groups excluding carboxylic acids is 2. The molecule has 1 unspecified atom stereocenters. The topological polar surface area (TPSA) is 69.6 Å². The number of β-amino-alcohol motifs (C(OH)–C–C–N with tert-alkyl or cyclic N) is 1. The van der Waals surface area contributed by atoms with E-state index in [0.717, 1.165) is 19.3 Å². The average molecular weight is 344 g/mol. The molecular formula is C20H28N2O3. The van der Waals surface area contributed by atoms with Gasteiger partial charge in [-0.15, -0.1) is 0 Å². The van der Waals surface area contributed by atoms with Crippen molar-refractivity contribution in [2.24, 2.45) is 5.41 Å². The number of carbonyl (C=O) groups is 2. The van der Waals surface area contributed by atoms with Crippen molar-refractivity contribution < 1.29 is 14.7 Å². The van der Waals surface area contributed by atoms with Crippen LogP contribution in [0.1, 0.15) is 57.2 Å². The molecule has 0 saturated carbocycles. The number of hydrogen-bond donors (Lipinski definition) is 2. The number of nitrogens with zero attached hydrogens (tertiary/aromatic N) is 1. The highest BCUT2D eigenvalue weighted by atomic mass is 16.3. The fraction of sp³-hybridized carbons (Fsp3) is 0.600. The molecule has 1 aliphatic heterocycles. The number of fused-ring (bicyclic) bond motifs is 1. The summed E-state index contributed by atoms with van der Waals surface area (Å²) in [7, 11) is 0. The van der Waals surface area contributed by atoms with Crippen molar-refractivity contribution in [1.29, 1.82) is 0 Å². The third-order valence-corrected chi connectivity index (χ3v) is 5.56. The maximum atomic E-state index is 12.9. The molecule has 3 atom stereocenters. The summed E-state index contributed by atoms with van der Waals surface area (Å²) in [6, 6.07) is 7.64. The molecule has 136 valence electrons. The smallest absolute Gasteiger partial charge is 0.243 e. The number of rotatable bonds is 2. The molecule has 2 N–H and O–H groups in total. The average Bonchev–Trinajstić information content (AvgIpc) is 2.89. The quantitative estimate of drug-likeness (QED) is 0.808. The second-order valence-corrected chi connectivity index (χ2v) is 8.21. The van der Waals surface area contributed by atoms with E-state index in [0.29, 0.717) is 6.42 Å². The summed E-state index contributed by atoms with van der Waals surface area (Å²) in [6.07, 6.45) is 2.64. The second kappa shape index (κ2) is 6.79. The Morgan fingerprint density at radius 1 is 1.28 bits per heavy atom. The lowest BCUT2D eigenvalue weighted by Gasteiger charge is -2.30. The van der Waals surface area contributed by atoms with Gasteiger partial charge in [0, 0.05) is 19.9 Å². The van der Waals surface area contributed by atoms with Crippen molar-refractivity contribution in [2.45, 2.75) is 64.6 Å². The number of aryl methyl sites for hydroxylation is 1. The van der Waals surface area contributed by atoms with E-state index in [2.05, 4.69) is 31.3 Å². The van der Waals surface area contributed by atoms with Crippen LogP contribution in [0.4, 0.5) is 0 Å². The molecule has 5 nitrogen and oxygen atoms in total. The van der Waals surface area contributed by atoms with Crippen LogP contribution in [-0.2, 0) is 16.0 Å². The predicted molar refractivity (Wildman–Crippen MR) is 95.8 cm³/mol. The molecule has 0 aromatic heterocycles. The number of benzene rings is 1. The van der Waals surface area contributed by atoms with Gasteiger partial charge in [0.2, 0.25) is 11.8 Å². The minimum Gasteiger partial charge on any atom is -0.391 e. The molecule has 2 aliphatic rings. The fourth-order valence-electron chi connectivity index (χ4n) is 4.15. The molecule has 1 aromatic carbocycles. The zero-order valence-corrected chi connectivity index (χ0v) is 15.3. The molecule has 0 spiro atoms. The predicted octanol–water partition coefficient (Wildman–Crippen LogP) is 2.19. The Balaban J connectivity index is 1.82. The van der Waals surface area contributed by atoms with Crippen LogP contribution in [0.3, 0.4) is 0 Å². The van der Waals surface area contributed by atoms with E-state index in [1.54, 1.807) is 0 Å². The lowest BCUT2D eigenvalue weighted by Crippen LogP contribution is -2.46. The largest absolute Gasteiger partial charge is 0.391 e. The standard InChI is InChI=1S/C20H28N2O3/c1-13(23)22-12-15(24)10-18(22)19(25)21-17-11-20(2,3)9-8-14-6-4-5-7-16(14)17/h4-7,15,17-18,24H,8-12H2,1-3H3,(H,21,25)/t15-,17?,18-/m1/s1. The first-order valence-corrected chi connectivity index (χ1v) is 9.10. The van der Waals surface area contributed by atoms with E-state index in [1.165, 1.54) is 23.0 Å². The number of aliphatic hydroxyl groups excluding tert-OH is 1. The van der Waals surface area contributed by atoms with E-state index in [9.17, 15) is 14.7 Å². The second-order valence-electron chi connectivity index (χ2n) is 8.21. The minimum absolute atomic E-state index is 0.0623. The zero-order valence-electron chi connectivity index (χ0n) is 15.3. The fourth-order valence-corrected chi connectivity index (χ4v) is 4.15. The number of amides is 2. The lowest BCUT2D eigenvalue weighted by atomic mass is 9.83. The van der Waals surface area contributed by atoms with Crippen LogP contribution in [0.25, 0.3) is 0 Å². The summed E-state index contributed by atoms with van der Waals surface area (Å²) in [4.78, 5) is 26.2. The summed E-state index contributed by atoms with van der Waals surface area (Å²) in [6.45, 7) is 6.15. The van der Waals surface area contributed by atoms with Crippen LogP contribution in [0, 0.1) is 5.41 Å². The maximum absolute atomic E-state index is 12.9. The number of likely N-dealkylation sites (tertiary alicyclic amines) is 1. The number of hydrogen-bond acceptors (Lipinski definition) is 3. The molecule has 1 saturated heterocycles. The summed E-state index contributed by atoms with van der Waals surface area (Å²) < 4.78 is 0. The highest BCUT2D eigenvalue weighted by Crippen LogP contribution is 2.39. The highest BCUT2D eigenvalue weighted by Gasteiger charge is 2.39. The van der Waals surface area contributed by atoms with E-state index in [4.69, 9.17) is 0 Å². The van der Waals surface area contributed by atoms with Gasteiger partial charge in [0.15, 0.2) is 0 Å². The monoisotopic (exact) mass is 344 g/mol. The Morgan fingerprint density at radius 3 is 2.72 bits per heavy atom. The van der Waals surface area contributed by atoms with Gasteiger partial charge in [-0.1, -0.05) is 38.1 Å². The SMILES string of the molecule is CC(=O)N1C[C@H](O)C[C@@H]1C(=O)NC1CC(C)(C)CCc2ccccc21. The minimum atomic E-state index is -0.627. The van der Waals surface area contributed by atoms with Crippen LogP contribution in [0.2, 0.25) is 0 Å². The molecular weight excluding hydrogens is 316 g/mol. The van der Waals surface area contributed by atoms with Crippen molar-refractivity contribution in [3.63, 3.8) is 0 Å². The van der Waals surface area contributed by atoms with Crippen LogP contribution in [-0.4, -0.2) is 40.5 Å². The Kier molecular flexibility index (Phi) is 4.87. The van der Waals surface area contributed by atoms with Crippen molar-refractivity contribution in [3.05, 3.63) is 35.4 Å². The summed E-state index contributed by atoms with van der Waals surface area (Å²) in [5, 5.41) is 13.1. The Labute approximate surface area is 149 Å². The Morgan fingerprint density at radius 2 is 2.00 bits per heavy atom. The Bertz CT molecular complexity index is 671. The molecule has 2 amide bonds. The van der Waals surface area contributed by atoms with Gasteiger partial charge < -0.3 is 15.3 Å². The number of nitrogens with one attached hydrogen (secondary N) is 1. The van der Waals surface area contributed by atoms with Gasteiger partial charge in [-0.05, 0) is 35.8 Å². The molecule has 0 radical (unpaired) electrons. The van der Waals surface area contributed by atoms with E-state index in [-0.39, 0.29) is 29.8 Å². The first-order chi connectivity index (χ1) is 11.8. The van der Waals surface area contributed by atoms with Gasteiger partial charge in [-0.25, -0.2) is 0 Å². The van der Waals surface area contributed by atoms with E-state index < -0.39 is 12.1 Å². The van der Waals surface area contributed by atoms with E-state index >= 15 is 0 Å². The molecule has 5 heteroatoms. The van der Waals surface area contributed by atoms with Gasteiger partial charge in [0.1, 0.15) is 6.04 Å². The van der Waals surface area contributed by atoms with Gasteiger partial charge >= 0.3 is 0 Å². The van der Waals surface area contributed by atoms with Gasteiger partial charge in [0.25, 0.3) is 0 Å². The molecule has 0 bridgehead atoms. The third kappa shape index (κ3) is 3.87. The molecule has 1 aliphatic carbocycles. The van der Waals surface area contributed by atoms with Crippen molar-refractivity contribution in [3.8, 4) is 0 Å². The van der Waals surface area contributed by atoms with Crippen molar-refractivity contribution in [1.82, 2.24) is 10.2 Å². The summed E-state index contributed by atoms with van der Waals surface area (Å²) in [5.41, 5.74) is 2.59. The lowest BCUT2D eigenvalue weighted by molar-refractivity contribution is -0.137. The maximum Gasteiger partial charge on any atom is 0.243 e. The van der Waals surface area contributed by atoms with Crippen molar-refractivity contribution >= 4 is 11.8 Å². The Hall–Kier alpha value is -1.88. The van der Waals surface area contributed by atoms with Gasteiger partial charge in [-0.3, -0.25) is 9.59 Å². The van der Waals surface area contributed by atoms with E-state index in [1.807, 2.05) is 12.1 Å².